The fraction of sp³-hybridized carbons (Fsp3) is 0.583. The molecule has 2 unspecified atom stereocenters. The van der Waals surface area contributed by atoms with E-state index < -0.39 is 0 Å². The van der Waals surface area contributed by atoms with Crippen molar-refractivity contribution in [3.63, 3.8) is 0 Å². The van der Waals surface area contributed by atoms with Crippen LogP contribution in [0.4, 0.5) is 0 Å². The highest BCUT2D eigenvalue weighted by atomic mass is 32.1. The molecule has 0 bridgehead atoms. The predicted octanol–water partition coefficient (Wildman–Crippen LogP) is 2.74. The van der Waals surface area contributed by atoms with E-state index in [9.17, 15) is 5.11 Å². The van der Waals surface area contributed by atoms with E-state index in [1.807, 2.05) is 22.2 Å². The Morgan fingerprint density at radius 2 is 2.38 bits per heavy atom. The number of fused-ring (bicyclic) bond motifs is 1. The van der Waals surface area contributed by atoms with Gasteiger partial charge in [0.1, 0.15) is 0 Å². The minimum absolute atomic E-state index is 0.274. The SMILES string of the molecule is CCCC(C)C(O)Cc1cn2ccsc2n1. The Morgan fingerprint density at radius 1 is 1.56 bits per heavy atom. The number of hydrogen-bond acceptors (Lipinski definition) is 3. The summed E-state index contributed by atoms with van der Waals surface area (Å²) in [4.78, 5) is 5.48. The molecule has 2 aromatic heterocycles. The standard InChI is InChI=1S/C12H18N2OS/c1-3-4-9(2)11(15)7-10-8-14-5-6-16-12(14)13-10/h5-6,8-9,11,15H,3-4,7H2,1-2H3. The lowest BCUT2D eigenvalue weighted by Gasteiger charge is -2.16. The summed E-state index contributed by atoms with van der Waals surface area (Å²) in [6.07, 6.45) is 6.59. The van der Waals surface area contributed by atoms with Crippen molar-refractivity contribution < 1.29 is 5.11 Å². The number of thiazole rings is 1. The Morgan fingerprint density at radius 3 is 3.06 bits per heavy atom. The third-order valence-corrected chi connectivity index (χ3v) is 3.73. The van der Waals surface area contributed by atoms with E-state index in [1.54, 1.807) is 11.3 Å². The van der Waals surface area contributed by atoms with Crippen LogP contribution in [0.25, 0.3) is 4.96 Å². The van der Waals surface area contributed by atoms with E-state index in [0.717, 1.165) is 23.5 Å². The molecule has 2 rings (SSSR count). The predicted molar refractivity (Wildman–Crippen MR) is 66.9 cm³/mol. The summed E-state index contributed by atoms with van der Waals surface area (Å²) in [5, 5.41) is 12.0. The van der Waals surface area contributed by atoms with Crippen LogP contribution in [0.15, 0.2) is 17.8 Å². The van der Waals surface area contributed by atoms with Crippen LogP contribution in [0.5, 0.6) is 0 Å². The Labute approximate surface area is 99.8 Å². The maximum atomic E-state index is 10.0. The number of nitrogens with zero attached hydrogens (tertiary/aromatic N) is 2. The highest BCUT2D eigenvalue weighted by Crippen LogP contribution is 2.17. The Kier molecular flexibility index (Phi) is 3.61. The molecular formula is C12H18N2OS. The number of imidazole rings is 1. The molecule has 0 saturated heterocycles. The number of rotatable bonds is 5. The van der Waals surface area contributed by atoms with Gasteiger partial charge in [0.15, 0.2) is 4.96 Å². The van der Waals surface area contributed by atoms with Crippen LogP contribution in [0.3, 0.4) is 0 Å². The van der Waals surface area contributed by atoms with Gasteiger partial charge in [0.2, 0.25) is 0 Å². The zero-order valence-electron chi connectivity index (χ0n) is 9.76. The van der Waals surface area contributed by atoms with Crippen molar-refractivity contribution in [3.05, 3.63) is 23.5 Å². The van der Waals surface area contributed by atoms with E-state index in [1.165, 1.54) is 0 Å². The molecule has 0 aliphatic rings. The summed E-state index contributed by atoms with van der Waals surface area (Å²) < 4.78 is 2.01. The van der Waals surface area contributed by atoms with Crippen LogP contribution < -0.4 is 0 Å². The minimum atomic E-state index is -0.274. The summed E-state index contributed by atoms with van der Waals surface area (Å²) in [6.45, 7) is 4.25. The molecule has 0 amide bonds. The summed E-state index contributed by atoms with van der Waals surface area (Å²) in [6, 6.07) is 0. The van der Waals surface area contributed by atoms with Gasteiger partial charge in [-0.1, -0.05) is 20.3 Å². The van der Waals surface area contributed by atoms with Crippen LogP contribution in [-0.2, 0) is 6.42 Å². The van der Waals surface area contributed by atoms with E-state index in [4.69, 9.17) is 0 Å². The molecule has 2 aromatic rings. The first-order valence-corrected chi connectivity index (χ1v) is 6.67. The van der Waals surface area contributed by atoms with Gasteiger partial charge in [-0.2, -0.15) is 0 Å². The Hall–Kier alpha value is -0.870. The molecule has 2 atom stereocenters. The Bertz CT molecular complexity index is 420. The monoisotopic (exact) mass is 238 g/mol. The van der Waals surface area contributed by atoms with Crippen LogP contribution in [0.1, 0.15) is 32.4 Å². The molecule has 0 fully saturated rings. The maximum absolute atomic E-state index is 10.0. The van der Waals surface area contributed by atoms with Gasteiger partial charge in [0.25, 0.3) is 0 Å². The van der Waals surface area contributed by atoms with Gasteiger partial charge in [-0.25, -0.2) is 4.98 Å². The normalized spacial score (nSPS) is 15.4. The van der Waals surface area contributed by atoms with E-state index in [0.29, 0.717) is 12.3 Å². The van der Waals surface area contributed by atoms with Gasteiger partial charge < -0.3 is 5.11 Å². The lowest BCUT2D eigenvalue weighted by molar-refractivity contribution is 0.111. The van der Waals surface area contributed by atoms with Gasteiger partial charge >= 0.3 is 0 Å². The molecule has 16 heavy (non-hydrogen) atoms. The fourth-order valence-corrected chi connectivity index (χ4v) is 2.66. The molecule has 1 N–H and O–H groups in total. The average Bonchev–Trinajstić information content (AvgIpc) is 2.78. The summed E-state index contributed by atoms with van der Waals surface area (Å²) in [5.74, 6) is 0.352. The molecule has 3 nitrogen and oxygen atoms in total. The molecule has 2 heterocycles. The maximum Gasteiger partial charge on any atom is 0.193 e. The van der Waals surface area contributed by atoms with E-state index >= 15 is 0 Å². The van der Waals surface area contributed by atoms with Gasteiger partial charge in [-0.05, 0) is 12.3 Å². The summed E-state index contributed by atoms with van der Waals surface area (Å²) >= 11 is 1.62. The first-order chi connectivity index (χ1) is 7.70. The van der Waals surface area contributed by atoms with Gasteiger partial charge in [0.05, 0.1) is 11.8 Å². The molecule has 0 saturated carbocycles. The van der Waals surface area contributed by atoms with Crippen LogP contribution >= 0.6 is 11.3 Å². The van der Waals surface area contributed by atoms with Gasteiger partial charge in [-0.3, -0.25) is 4.40 Å². The molecule has 0 aromatic carbocycles. The lowest BCUT2D eigenvalue weighted by atomic mass is 9.96. The van der Waals surface area contributed by atoms with Crippen molar-refractivity contribution in [2.45, 2.75) is 39.2 Å². The first kappa shape index (κ1) is 11.6. The molecule has 0 radical (unpaired) electrons. The highest BCUT2D eigenvalue weighted by Gasteiger charge is 2.15. The quantitative estimate of drug-likeness (QED) is 0.869. The third kappa shape index (κ3) is 2.44. The van der Waals surface area contributed by atoms with Crippen molar-refractivity contribution >= 4 is 16.3 Å². The second-order valence-corrected chi connectivity index (χ2v) is 5.24. The topological polar surface area (TPSA) is 37.5 Å². The molecule has 0 aliphatic heterocycles. The van der Waals surface area contributed by atoms with E-state index in [-0.39, 0.29) is 6.10 Å². The Balaban J connectivity index is 2.01. The second-order valence-electron chi connectivity index (χ2n) is 4.36. The van der Waals surface area contributed by atoms with Crippen LogP contribution in [0.2, 0.25) is 0 Å². The highest BCUT2D eigenvalue weighted by molar-refractivity contribution is 7.15. The van der Waals surface area contributed by atoms with Crippen molar-refractivity contribution in [2.24, 2.45) is 5.92 Å². The second kappa shape index (κ2) is 4.97. The largest absolute Gasteiger partial charge is 0.392 e. The van der Waals surface area contributed by atoms with Gasteiger partial charge in [-0.15, -0.1) is 11.3 Å². The number of aliphatic hydroxyl groups is 1. The van der Waals surface area contributed by atoms with Crippen LogP contribution in [-0.4, -0.2) is 20.6 Å². The molecule has 0 spiro atoms. The third-order valence-electron chi connectivity index (χ3n) is 2.96. The van der Waals surface area contributed by atoms with Crippen LogP contribution in [0, 0.1) is 5.92 Å². The number of aromatic nitrogens is 2. The number of hydrogen-bond donors (Lipinski definition) is 1. The summed E-state index contributed by atoms with van der Waals surface area (Å²) in [5.41, 5.74) is 0.988. The fourth-order valence-electron chi connectivity index (χ4n) is 1.94. The smallest absolute Gasteiger partial charge is 0.193 e. The zero-order chi connectivity index (χ0) is 11.5. The minimum Gasteiger partial charge on any atom is -0.392 e. The number of aliphatic hydroxyl groups excluding tert-OH is 1. The first-order valence-electron chi connectivity index (χ1n) is 5.80. The average molecular weight is 238 g/mol. The zero-order valence-corrected chi connectivity index (χ0v) is 10.6. The van der Waals surface area contributed by atoms with Gasteiger partial charge in [0, 0.05) is 24.2 Å². The molecular weight excluding hydrogens is 220 g/mol. The van der Waals surface area contributed by atoms with Crippen molar-refractivity contribution in [2.75, 3.05) is 0 Å². The van der Waals surface area contributed by atoms with E-state index in [2.05, 4.69) is 18.8 Å². The summed E-state index contributed by atoms with van der Waals surface area (Å²) in [7, 11) is 0. The van der Waals surface area contributed by atoms with Crippen molar-refractivity contribution in [3.8, 4) is 0 Å². The molecule has 88 valence electrons. The molecule has 4 heteroatoms. The van der Waals surface area contributed by atoms with Crippen molar-refractivity contribution in [1.29, 1.82) is 0 Å². The lowest BCUT2D eigenvalue weighted by Crippen LogP contribution is -2.20. The van der Waals surface area contributed by atoms with Crippen molar-refractivity contribution in [1.82, 2.24) is 9.38 Å². The molecule has 0 aliphatic carbocycles.